The molecule has 0 bridgehead atoms. The Kier molecular flexibility index (Phi) is 5.04. The molecule has 0 saturated heterocycles. The summed E-state index contributed by atoms with van der Waals surface area (Å²) in [5.41, 5.74) is 1.23. The molecule has 0 saturated carbocycles. The quantitative estimate of drug-likeness (QED) is 0.643. The fourth-order valence-corrected chi connectivity index (χ4v) is 2.10. The van der Waals surface area contributed by atoms with Crippen molar-refractivity contribution < 1.29 is 9.72 Å². The number of aryl methyl sites for hydroxylation is 1. The van der Waals surface area contributed by atoms with Crippen LogP contribution in [0.5, 0.6) is 0 Å². The zero-order chi connectivity index (χ0) is 16.8. The first-order valence-corrected chi connectivity index (χ1v) is 7.03. The van der Waals surface area contributed by atoms with Crippen LogP contribution in [-0.4, -0.2) is 27.2 Å². The van der Waals surface area contributed by atoms with E-state index in [-0.39, 0.29) is 17.2 Å². The number of rotatable bonds is 6. The number of nitrogens with zero attached hydrogens (tertiary/aromatic N) is 4. The van der Waals surface area contributed by atoms with Gasteiger partial charge in [0.2, 0.25) is 0 Å². The zero-order valence-electron chi connectivity index (χ0n) is 12.5. The number of benzene rings is 1. The Morgan fingerprint density at radius 2 is 2.30 bits per heavy atom. The van der Waals surface area contributed by atoms with E-state index in [2.05, 4.69) is 10.4 Å². The van der Waals surface area contributed by atoms with Crippen LogP contribution in [0.3, 0.4) is 0 Å². The van der Waals surface area contributed by atoms with Gasteiger partial charge in [0.15, 0.2) is 0 Å². The van der Waals surface area contributed by atoms with Gasteiger partial charge in [-0.1, -0.05) is 13.0 Å². The first-order chi connectivity index (χ1) is 11.0. The Balaban J connectivity index is 1.99. The molecule has 2 aromatic rings. The largest absolute Gasteiger partial charge is 0.350 e. The average Bonchev–Trinajstić information content (AvgIpc) is 3.02. The number of nitrogens with one attached hydrogen (secondary N) is 1. The summed E-state index contributed by atoms with van der Waals surface area (Å²) >= 11 is 0. The second kappa shape index (κ2) is 7.17. The summed E-state index contributed by atoms with van der Waals surface area (Å²) in [6.07, 6.45) is 3.54. The van der Waals surface area contributed by atoms with Gasteiger partial charge in [-0.25, -0.2) is 0 Å². The summed E-state index contributed by atoms with van der Waals surface area (Å²) in [5.74, 6) is -0.386. The SMILES string of the molecule is CCc1ccc(C(=O)NCCn2cc(C#N)cn2)cc1[N+](=O)[O-]. The molecule has 1 N–H and O–H groups in total. The third-order valence-corrected chi connectivity index (χ3v) is 3.31. The highest BCUT2D eigenvalue weighted by atomic mass is 16.6. The number of amides is 1. The maximum absolute atomic E-state index is 12.1. The van der Waals surface area contributed by atoms with Gasteiger partial charge in [0.25, 0.3) is 11.6 Å². The van der Waals surface area contributed by atoms with Crippen LogP contribution in [0.1, 0.15) is 28.4 Å². The van der Waals surface area contributed by atoms with Crippen LogP contribution in [0.25, 0.3) is 0 Å². The van der Waals surface area contributed by atoms with E-state index < -0.39 is 4.92 Å². The van der Waals surface area contributed by atoms with Crippen LogP contribution in [0.15, 0.2) is 30.6 Å². The number of nitriles is 1. The lowest BCUT2D eigenvalue weighted by molar-refractivity contribution is -0.385. The minimum absolute atomic E-state index is 0.0501. The predicted molar refractivity (Wildman–Crippen MR) is 81.7 cm³/mol. The Morgan fingerprint density at radius 3 is 2.91 bits per heavy atom. The van der Waals surface area contributed by atoms with Crippen molar-refractivity contribution in [3.63, 3.8) is 0 Å². The second-order valence-electron chi connectivity index (χ2n) is 4.81. The maximum atomic E-state index is 12.1. The van der Waals surface area contributed by atoms with Gasteiger partial charge in [0.05, 0.1) is 23.2 Å². The monoisotopic (exact) mass is 313 g/mol. The molecule has 0 fully saturated rings. The number of nitro benzene ring substituents is 1. The standard InChI is InChI=1S/C15H15N5O3/c1-2-12-3-4-13(7-14(12)20(22)23)15(21)17-5-6-19-10-11(8-16)9-18-19/h3-4,7,9-10H,2,5-6H2,1H3,(H,17,21). The van der Waals surface area contributed by atoms with E-state index in [1.165, 1.54) is 12.3 Å². The Bertz CT molecular complexity index is 776. The number of hydrogen-bond acceptors (Lipinski definition) is 5. The topological polar surface area (TPSA) is 114 Å². The van der Waals surface area contributed by atoms with E-state index in [1.807, 2.05) is 13.0 Å². The van der Waals surface area contributed by atoms with Gasteiger partial charge in [-0.15, -0.1) is 0 Å². The summed E-state index contributed by atoms with van der Waals surface area (Å²) in [4.78, 5) is 22.6. The third kappa shape index (κ3) is 3.91. The summed E-state index contributed by atoms with van der Waals surface area (Å²) in [6.45, 7) is 2.53. The number of nitro groups is 1. The molecule has 118 valence electrons. The van der Waals surface area contributed by atoms with Gasteiger partial charge in [0, 0.05) is 29.9 Å². The molecule has 0 atom stereocenters. The number of carbonyl (C=O) groups excluding carboxylic acids is 1. The molecular weight excluding hydrogens is 298 g/mol. The maximum Gasteiger partial charge on any atom is 0.273 e. The highest BCUT2D eigenvalue weighted by Gasteiger charge is 2.16. The first kappa shape index (κ1) is 16.2. The summed E-state index contributed by atoms with van der Waals surface area (Å²) in [6, 6.07) is 6.42. The number of aromatic nitrogens is 2. The molecule has 8 heteroatoms. The van der Waals surface area contributed by atoms with E-state index in [0.717, 1.165) is 0 Å². The van der Waals surface area contributed by atoms with E-state index in [1.54, 1.807) is 23.0 Å². The molecule has 1 aromatic heterocycles. The minimum Gasteiger partial charge on any atom is -0.350 e. The Morgan fingerprint density at radius 1 is 1.52 bits per heavy atom. The van der Waals surface area contributed by atoms with Crippen molar-refractivity contribution in [3.05, 3.63) is 57.4 Å². The number of carbonyl (C=O) groups is 1. The Labute approximate surface area is 132 Å². The van der Waals surface area contributed by atoms with Gasteiger partial charge in [-0.3, -0.25) is 19.6 Å². The van der Waals surface area contributed by atoms with Crippen molar-refractivity contribution in [3.8, 4) is 6.07 Å². The molecule has 0 radical (unpaired) electrons. The lowest BCUT2D eigenvalue weighted by Crippen LogP contribution is -2.27. The molecule has 0 unspecified atom stereocenters. The smallest absolute Gasteiger partial charge is 0.273 e. The van der Waals surface area contributed by atoms with Gasteiger partial charge < -0.3 is 5.32 Å². The van der Waals surface area contributed by atoms with Crippen molar-refractivity contribution in [2.75, 3.05) is 6.54 Å². The third-order valence-electron chi connectivity index (χ3n) is 3.31. The molecular formula is C15H15N5O3. The summed E-state index contributed by atoms with van der Waals surface area (Å²) < 4.78 is 1.54. The minimum atomic E-state index is -0.483. The molecule has 0 spiro atoms. The highest BCUT2D eigenvalue weighted by Crippen LogP contribution is 2.20. The lowest BCUT2D eigenvalue weighted by atomic mass is 10.1. The molecule has 23 heavy (non-hydrogen) atoms. The fraction of sp³-hybridized carbons (Fsp3) is 0.267. The molecule has 1 aromatic carbocycles. The van der Waals surface area contributed by atoms with Crippen LogP contribution in [0, 0.1) is 21.4 Å². The van der Waals surface area contributed by atoms with Crippen molar-refractivity contribution in [1.29, 1.82) is 5.26 Å². The van der Waals surface area contributed by atoms with E-state index in [4.69, 9.17) is 5.26 Å². The van der Waals surface area contributed by atoms with Crippen molar-refractivity contribution in [1.82, 2.24) is 15.1 Å². The molecule has 2 rings (SSSR count). The highest BCUT2D eigenvalue weighted by molar-refractivity contribution is 5.94. The van der Waals surface area contributed by atoms with E-state index >= 15 is 0 Å². The van der Waals surface area contributed by atoms with Gasteiger partial charge in [0.1, 0.15) is 6.07 Å². The van der Waals surface area contributed by atoms with E-state index in [9.17, 15) is 14.9 Å². The molecule has 0 aliphatic rings. The van der Waals surface area contributed by atoms with E-state index in [0.29, 0.717) is 30.6 Å². The van der Waals surface area contributed by atoms with Crippen LogP contribution < -0.4 is 5.32 Å². The molecule has 1 heterocycles. The molecule has 1 amide bonds. The van der Waals surface area contributed by atoms with Crippen molar-refractivity contribution in [2.24, 2.45) is 0 Å². The van der Waals surface area contributed by atoms with Crippen LogP contribution in [0.4, 0.5) is 5.69 Å². The van der Waals surface area contributed by atoms with Crippen LogP contribution in [0.2, 0.25) is 0 Å². The first-order valence-electron chi connectivity index (χ1n) is 7.03. The predicted octanol–water partition coefficient (Wildman–Crippen LogP) is 1.66. The van der Waals surface area contributed by atoms with Crippen molar-refractivity contribution >= 4 is 11.6 Å². The molecule has 0 aliphatic carbocycles. The van der Waals surface area contributed by atoms with Crippen molar-refractivity contribution in [2.45, 2.75) is 19.9 Å². The van der Waals surface area contributed by atoms with Gasteiger partial charge in [-0.2, -0.15) is 10.4 Å². The molecule has 0 aliphatic heterocycles. The average molecular weight is 313 g/mol. The summed E-state index contributed by atoms with van der Waals surface area (Å²) in [7, 11) is 0. The lowest BCUT2D eigenvalue weighted by Gasteiger charge is -2.07. The zero-order valence-corrected chi connectivity index (χ0v) is 12.5. The Hall–Kier alpha value is -3.21. The second-order valence-corrected chi connectivity index (χ2v) is 4.81. The van der Waals surface area contributed by atoms with Gasteiger partial charge in [-0.05, 0) is 12.5 Å². The van der Waals surface area contributed by atoms with Crippen LogP contribution >= 0.6 is 0 Å². The number of hydrogen-bond donors (Lipinski definition) is 1. The fourth-order valence-electron chi connectivity index (χ4n) is 2.10. The summed E-state index contributed by atoms with van der Waals surface area (Å²) in [5, 5.41) is 26.4. The van der Waals surface area contributed by atoms with Crippen LogP contribution in [-0.2, 0) is 13.0 Å². The normalized spacial score (nSPS) is 10.1. The van der Waals surface area contributed by atoms with Gasteiger partial charge >= 0.3 is 0 Å². The molecule has 8 nitrogen and oxygen atoms in total.